The van der Waals surface area contributed by atoms with E-state index in [0.717, 1.165) is 48.8 Å². The second-order valence-corrected chi connectivity index (χ2v) is 7.57. The number of carboxylic acids is 2. The molecule has 0 saturated heterocycles. The van der Waals surface area contributed by atoms with E-state index >= 15 is 0 Å². The van der Waals surface area contributed by atoms with E-state index in [1.165, 1.54) is 5.56 Å². The number of para-hydroxylation sites is 1. The Morgan fingerprint density at radius 3 is 2.24 bits per heavy atom. The van der Waals surface area contributed by atoms with Gasteiger partial charge in [0.25, 0.3) is 0 Å². The van der Waals surface area contributed by atoms with E-state index in [9.17, 15) is 0 Å². The molecule has 0 saturated carbocycles. The first kappa shape index (κ1) is 26.6. The Labute approximate surface area is 198 Å². The Morgan fingerprint density at radius 1 is 1.03 bits per heavy atom. The van der Waals surface area contributed by atoms with Crippen molar-refractivity contribution in [3.05, 3.63) is 66.4 Å². The third-order valence-electron chi connectivity index (χ3n) is 4.62. The van der Waals surface area contributed by atoms with Crippen molar-refractivity contribution in [1.29, 1.82) is 0 Å². The van der Waals surface area contributed by atoms with Crippen LogP contribution in [0.3, 0.4) is 0 Å². The van der Waals surface area contributed by atoms with E-state index in [1.54, 1.807) is 7.11 Å². The van der Waals surface area contributed by atoms with Crippen LogP contribution in [0.5, 0.6) is 5.75 Å². The summed E-state index contributed by atoms with van der Waals surface area (Å²) in [4.78, 5) is 18.2. The summed E-state index contributed by atoms with van der Waals surface area (Å²) in [5, 5.41) is 23.2. The summed E-state index contributed by atoms with van der Waals surface area (Å²) in [5.41, 5.74) is 4.28. The lowest BCUT2D eigenvalue weighted by molar-refractivity contribution is -0.159. The van der Waals surface area contributed by atoms with E-state index < -0.39 is 11.9 Å². The van der Waals surface area contributed by atoms with Crippen molar-refractivity contribution in [2.24, 2.45) is 0 Å². The number of benzene rings is 2. The molecule has 0 radical (unpaired) electrons. The molecule has 9 nitrogen and oxygen atoms in total. The number of hydrogen-bond donors (Lipinski definition) is 3. The van der Waals surface area contributed by atoms with Gasteiger partial charge in [0.05, 0.1) is 24.6 Å². The first-order valence-corrected chi connectivity index (χ1v) is 10.9. The molecule has 1 aromatic heterocycles. The van der Waals surface area contributed by atoms with E-state index in [4.69, 9.17) is 34.4 Å². The predicted molar refractivity (Wildman–Crippen MR) is 128 cm³/mol. The molecule has 0 unspecified atom stereocenters. The molecule has 3 rings (SSSR count). The van der Waals surface area contributed by atoms with Crippen LogP contribution >= 0.6 is 0 Å². The van der Waals surface area contributed by atoms with Gasteiger partial charge in [-0.15, -0.1) is 0 Å². The van der Waals surface area contributed by atoms with Crippen LogP contribution in [0.1, 0.15) is 25.8 Å². The van der Waals surface area contributed by atoms with E-state index in [1.807, 2.05) is 35.0 Å². The van der Waals surface area contributed by atoms with Crippen molar-refractivity contribution in [2.45, 2.75) is 32.9 Å². The lowest BCUT2D eigenvalue weighted by Gasteiger charge is -2.08. The Bertz CT molecular complexity index is 1020. The van der Waals surface area contributed by atoms with Crippen molar-refractivity contribution in [3.63, 3.8) is 0 Å². The third kappa shape index (κ3) is 8.68. The van der Waals surface area contributed by atoms with Crippen LogP contribution in [-0.2, 0) is 20.9 Å². The summed E-state index contributed by atoms with van der Waals surface area (Å²) in [6.45, 7) is 6.57. The molecule has 3 aromatic rings. The lowest BCUT2D eigenvalue weighted by atomic mass is 10.1. The minimum atomic E-state index is -1.82. The van der Waals surface area contributed by atoms with Gasteiger partial charge < -0.3 is 25.0 Å². The highest BCUT2D eigenvalue weighted by Crippen LogP contribution is 2.25. The highest BCUT2D eigenvalue weighted by molar-refractivity contribution is 6.27. The normalized spacial score (nSPS) is 10.5. The zero-order chi connectivity index (χ0) is 24.9. The van der Waals surface area contributed by atoms with Crippen molar-refractivity contribution in [3.8, 4) is 22.7 Å². The molecular weight excluding hydrogens is 438 g/mol. The number of carbonyl (C=O) groups is 2. The first-order valence-electron chi connectivity index (χ1n) is 10.9. The van der Waals surface area contributed by atoms with Crippen molar-refractivity contribution >= 4 is 11.9 Å². The van der Waals surface area contributed by atoms with Gasteiger partial charge in [-0.25, -0.2) is 14.3 Å². The molecule has 3 N–H and O–H groups in total. The maximum absolute atomic E-state index is 9.10. The van der Waals surface area contributed by atoms with Crippen LogP contribution in [0.2, 0.25) is 0 Å². The number of hydrogen-bond acceptors (Lipinski definition) is 6. The fourth-order valence-electron chi connectivity index (χ4n) is 2.98. The summed E-state index contributed by atoms with van der Waals surface area (Å²) >= 11 is 0. The highest BCUT2D eigenvalue weighted by atomic mass is 16.5. The molecule has 34 heavy (non-hydrogen) atoms. The molecule has 0 bridgehead atoms. The average molecular weight is 470 g/mol. The van der Waals surface area contributed by atoms with Gasteiger partial charge in [0.2, 0.25) is 0 Å². The van der Waals surface area contributed by atoms with Crippen molar-refractivity contribution < 1.29 is 29.3 Å². The summed E-state index contributed by atoms with van der Waals surface area (Å²) in [6.07, 6.45) is 3.38. The summed E-state index contributed by atoms with van der Waals surface area (Å²) in [5.74, 6) is -2.80. The SMILES string of the molecule is COc1ccc(-c2nn(-c3ccccc3)cc2CNCCCOC(C)C)cc1.O=C(O)C(=O)O. The second-order valence-electron chi connectivity index (χ2n) is 7.57. The average Bonchev–Trinajstić information content (AvgIpc) is 3.26. The fourth-order valence-corrected chi connectivity index (χ4v) is 2.98. The smallest absolute Gasteiger partial charge is 0.414 e. The van der Waals surface area contributed by atoms with Crippen LogP contribution in [0.25, 0.3) is 16.9 Å². The number of ether oxygens (including phenoxy) is 2. The van der Waals surface area contributed by atoms with Crippen molar-refractivity contribution in [2.75, 3.05) is 20.3 Å². The summed E-state index contributed by atoms with van der Waals surface area (Å²) in [7, 11) is 1.68. The van der Waals surface area contributed by atoms with Gasteiger partial charge in [-0.1, -0.05) is 18.2 Å². The van der Waals surface area contributed by atoms with E-state index in [-0.39, 0.29) is 6.10 Å². The number of nitrogens with one attached hydrogen (secondary N) is 1. The van der Waals surface area contributed by atoms with Crippen LogP contribution in [0.15, 0.2) is 60.8 Å². The molecule has 182 valence electrons. The molecule has 0 aliphatic rings. The minimum absolute atomic E-state index is 0.283. The zero-order valence-electron chi connectivity index (χ0n) is 19.6. The Kier molecular flexibility index (Phi) is 10.8. The molecular formula is C25H31N3O6. The van der Waals surface area contributed by atoms with Gasteiger partial charge in [-0.05, 0) is 63.2 Å². The molecule has 9 heteroatoms. The van der Waals surface area contributed by atoms with Gasteiger partial charge in [0.15, 0.2) is 0 Å². The zero-order valence-corrected chi connectivity index (χ0v) is 19.6. The molecule has 0 fully saturated rings. The summed E-state index contributed by atoms with van der Waals surface area (Å²) in [6, 6.07) is 18.2. The standard InChI is InChI=1S/C23H29N3O2.C2H2O4/c1-18(2)28-15-7-14-24-16-20-17-26(21-8-5-4-6-9-21)25-23(20)19-10-12-22(27-3)13-11-19;3-1(4)2(5)6/h4-6,8-13,17-18,24H,7,14-16H2,1-3H3;(H,3,4)(H,5,6). The van der Waals surface area contributed by atoms with Crippen molar-refractivity contribution in [1.82, 2.24) is 15.1 Å². The molecule has 0 aliphatic carbocycles. The number of carboxylic acid groups (broad SMARTS) is 2. The highest BCUT2D eigenvalue weighted by Gasteiger charge is 2.12. The lowest BCUT2D eigenvalue weighted by Crippen LogP contribution is -2.17. The molecule has 0 atom stereocenters. The fraction of sp³-hybridized carbons (Fsp3) is 0.320. The quantitative estimate of drug-likeness (QED) is 0.304. The van der Waals surface area contributed by atoms with E-state index in [2.05, 4.69) is 49.6 Å². The van der Waals surface area contributed by atoms with Gasteiger partial charge in [0, 0.05) is 30.5 Å². The topological polar surface area (TPSA) is 123 Å². The number of rotatable bonds is 10. The maximum atomic E-state index is 9.10. The van der Waals surface area contributed by atoms with Crippen LogP contribution < -0.4 is 10.1 Å². The largest absolute Gasteiger partial charge is 0.497 e. The molecule has 0 spiro atoms. The second kappa shape index (κ2) is 13.8. The number of aromatic nitrogens is 2. The van der Waals surface area contributed by atoms with Gasteiger partial charge >= 0.3 is 11.9 Å². The number of methoxy groups -OCH3 is 1. The number of nitrogens with zero attached hydrogens (tertiary/aromatic N) is 2. The van der Waals surface area contributed by atoms with Crippen LogP contribution in [0, 0.1) is 0 Å². The number of aliphatic carboxylic acids is 2. The maximum Gasteiger partial charge on any atom is 0.414 e. The van der Waals surface area contributed by atoms with Gasteiger partial charge in [0.1, 0.15) is 5.75 Å². The molecule has 0 amide bonds. The first-order chi connectivity index (χ1) is 16.3. The summed E-state index contributed by atoms with van der Waals surface area (Å²) < 4.78 is 12.8. The van der Waals surface area contributed by atoms with E-state index in [0.29, 0.717) is 0 Å². The Balaban J connectivity index is 0.000000604. The van der Waals surface area contributed by atoms with Gasteiger partial charge in [-0.3, -0.25) is 0 Å². The molecule has 1 heterocycles. The van der Waals surface area contributed by atoms with Crippen LogP contribution in [0.4, 0.5) is 0 Å². The minimum Gasteiger partial charge on any atom is -0.497 e. The molecule has 2 aromatic carbocycles. The van der Waals surface area contributed by atoms with Crippen LogP contribution in [-0.4, -0.2) is 58.3 Å². The Morgan fingerprint density at radius 2 is 1.68 bits per heavy atom. The third-order valence-corrected chi connectivity index (χ3v) is 4.62. The predicted octanol–water partition coefficient (Wildman–Crippen LogP) is 3.61. The molecule has 0 aliphatic heterocycles. The monoisotopic (exact) mass is 469 g/mol. The Hall–Kier alpha value is -3.69. The van der Waals surface area contributed by atoms with Gasteiger partial charge in [-0.2, -0.15) is 5.10 Å².